The highest BCUT2D eigenvalue weighted by Gasteiger charge is 2.16. The molecule has 9 heteroatoms. The fourth-order valence-electron chi connectivity index (χ4n) is 1.82. The molecule has 2 aromatic rings. The van der Waals surface area contributed by atoms with Gasteiger partial charge in [-0.1, -0.05) is 18.2 Å². The van der Waals surface area contributed by atoms with Gasteiger partial charge in [-0.2, -0.15) is 0 Å². The van der Waals surface area contributed by atoms with Crippen LogP contribution in [0.2, 0.25) is 0 Å². The van der Waals surface area contributed by atoms with Gasteiger partial charge in [0.15, 0.2) is 5.69 Å². The van der Waals surface area contributed by atoms with Crippen molar-refractivity contribution in [3.8, 4) is 5.88 Å². The van der Waals surface area contributed by atoms with E-state index in [9.17, 15) is 9.90 Å². The molecule has 0 amide bonds. The van der Waals surface area contributed by atoms with E-state index >= 15 is 0 Å². The molecule has 7 nitrogen and oxygen atoms in total. The van der Waals surface area contributed by atoms with Crippen LogP contribution in [0.15, 0.2) is 34.5 Å². The molecule has 1 heterocycles. The molecule has 0 aliphatic carbocycles. The third kappa shape index (κ3) is 3.50. The molecule has 0 radical (unpaired) electrons. The van der Waals surface area contributed by atoms with Crippen molar-refractivity contribution in [2.24, 2.45) is 16.0 Å². The van der Waals surface area contributed by atoms with Gasteiger partial charge in [-0.3, -0.25) is 4.79 Å². The molecule has 0 unspecified atom stereocenters. The van der Waals surface area contributed by atoms with Crippen LogP contribution in [0.4, 0.5) is 5.69 Å². The number of para-hydroxylation sites is 1. The molecular formula is C12H12N4O3S2. The van der Waals surface area contributed by atoms with Crippen molar-refractivity contribution in [3.63, 3.8) is 0 Å². The summed E-state index contributed by atoms with van der Waals surface area (Å²) in [5, 5.41) is 26.9. The van der Waals surface area contributed by atoms with E-state index in [1.807, 2.05) is 6.07 Å². The van der Waals surface area contributed by atoms with E-state index in [0.29, 0.717) is 5.39 Å². The second-order valence-corrected chi connectivity index (χ2v) is 5.40. The van der Waals surface area contributed by atoms with Crippen LogP contribution in [0.1, 0.15) is 0 Å². The molecule has 0 bridgehead atoms. The highest BCUT2D eigenvalue weighted by molar-refractivity contribution is 7.99. The molecule has 0 atom stereocenters. The van der Waals surface area contributed by atoms with Crippen molar-refractivity contribution in [1.29, 1.82) is 0 Å². The normalized spacial score (nSPS) is 11.2. The number of carboxylic acids is 1. The van der Waals surface area contributed by atoms with Crippen molar-refractivity contribution in [2.45, 2.75) is 5.88 Å². The summed E-state index contributed by atoms with van der Waals surface area (Å²) in [6.45, 7) is 0. The van der Waals surface area contributed by atoms with Crippen LogP contribution in [-0.2, 0) is 10.7 Å². The zero-order chi connectivity index (χ0) is 15.4. The van der Waals surface area contributed by atoms with Gasteiger partial charge in [0.25, 0.3) is 0 Å². The molecule has 1 aromatic carbocycles. The van der Waals surface area contributed by atoms with Gasteiger partial charge in [0, 0.05) is 5.39 Å². The number of aromatic nitrogens is 1. The predicted octanol–water partition coefficient (Wildman–Crippen LogP) is 2.45. The molecule has 0 fully saturated rings. The van der Waals surface area contributed by atoms with E-state index in [1.54, 1.807) is 22.8 Å². The Bertz CT molecular complexity index is 727. The molecule has 1 aromatic heterocycles. The van der Waals surface area contributed by atoms with Crippen LogP contribution >= 0.6 is 24.0 Å². The maximum atomic E-state index is 10.6. The number of hydrogen-bond donors (Lipinski definition) is 3. The zero-order valence-corrected chi connectivity index (χ0v) is 12.4. The lowest BCUT2D eigenvalue weighted by Gasteiger charge is -2.05. The molecular weight excluding hydrogens is 312 g/mol. The van der Waals surface area contributed by atoms with Crippen LogP contribution in [0.5, 0.6) is 5.88 Å². The Morgan fingerprint density at radius 1 is 1.43 bits per heavy atom. The van der Waals surface area contributed by atoms with Crippen molar-refractivity contribution < 1.29 is 15.0 Å². The number of nitrogens with zero attached hydrogens (tertiary/aromatic N) is 3. The number of thioether (sulfide) groups is 1. The second-order valence-electron chi connectivity index (χ2n) is 4.03. The summed E-state index contributed by atoms with van der Waals surface area (Å²) >= 11 is 5.79. The van der Waals surface area contributed by atoms with E-state index in [2.05, 4.69) is 22.4 Å². The highest BCUT2D eigenvalue weighted by atomic mass is 32.2. The first-order chi connectivity index (χ1) is 10.0. The van der Waals surface area contributed by atoms with Crippen LogP contribution < -0.4 is 5.73 Å². The Morgan fingerprint density at radius 3 is 2.81 bits per heavy atom. The van der Waals surface area contributed by atoms with E-state index in [-0.39, 0.29) is 28.3 Å². The average molecular weight is 324 g/mol. The maximum absolute atomic E-state index is 10.6. The lowest BCUT2D eigenvalue weighted by atomic mass is 10.2. The topological polar surface area (TPSA) is 113 Å². The Balaban J connectivity index is 2.43. The number of carbonyl (C=O) groups is 1. The molecule has 110 valence electrons. The van der Waals surface area contributed by atoms with Gasteiger partial charge in [-0.15, -0.1) is 22.0 Å². The van der Waals surface area contributed by atoms with E-state index in [0.717, 1.165) is 17.3 Å². The van der Waals surface area contributed by atoms with Gasteiger partial charge in [0.2, 0.25) is 11.0 Å². The standard InChI is InChI=1S/C12H12N4O3S2/c13-12(20)15-14-10-7-3-1-2-4-8(7)16(11(10)19)6-21-5-9(17)18/h1-4,19H,5-6H2,(H2,13,20)(H,17,18). The predicted molar refractivity (Wildman–Crippen MR) is 85.0 cm³/mol. The summed E-state index contributed by atoms with van der Waals surface area (Å²) < 4.78 is 1.57. The minimum Gasteiger partial charge on any atom is -0.493 e. The number of rotatable bonds is 5. The number of nitrogens with two attached hydrogens (primary N) is 1. The van der Waals surface area contributed by atoms with Crippen molar-refractivity contribution in [1.82, 2.24) is 4.57 Å². The third-order valence-corrected chi connectivity index (χ3v) is 3.59. The van der Waals surface area contributed by atoms with Crippen molar-refractivity contribution in [3.05, 3.63) is 24.3 Å². The smallest absolute Gasteiger partial charge is 0.313 e. The van der Waals surface area contributed by atoms with Gasteiger partial charge in [0.1, 0.15) is 0 Å². The Morgan fingerprint density at radius 2 is 2.14 bits per heavy atom. The molecule has 0 aliphatic heterocycles. The Labute approximate surface area is 129 Å². The summed E-state index contributed by atoms with van der Waals surface area (Å²) in [6, 6.07) is 7.20. The SMILES string of the molecule is NC(=S)N=Nc1c(O)n(CSCC(=O)O)c2ccccc12. The largest absolute Gasteiger partial charge is 0.493 e. The molecule has 2 rings (SSSR count). The third-order valence-electron chi connectivity index (χ3n) is 2.61. The summed E-state index contributed by atoms with van der Waals surface area (Å²) in [7, 11) is 0. The lowest BCUT2D eigenvalue weighted by molar-refractivity contribution is -0.133. The van der Waals surface area contributed by atoms with Crippen LogP contribution in [0, 0.1) is 0 Å². The number of aromatic hydroxyl groups is 1. The maximum Gasteiger partial charge on any atom is 0.313 e. The first-order valence-corrected chi connectivity index (χ1v) is 7.38. The van der Waals surface area contributed by atoms with Gasteiger partial charge >= 0.3 is 5.97 Å². The van der Waals surface area contributed by atoms with Crippen molar-refractivity contribution >= 4 is 51.7 Å². The van der Waals surface area contributed by atoms with E-state index < -0.39 is 5.97 Å². The lowest BCUT2D eigenvalue weighted by Crippen LogP contribution is -2.01. The molecule has 0 aliphatic rings. The molecule has 0 saturated carbocycles. The number of azo groups is 1. The molecule has 0 saturated heterocycles. The summed E-state index contributed by atoms with van der Waals surface area (Å²) in [5.41, 5.74) is 6.25. The van der Waals surface area contributed by atoms with Crippen LogP contribution in [0.25, 0.3) is 10.9 Å². The summed E-state index contributed by atoms with van der Waals surface area (Å²) in [6.07, 6.45) is 0. The number of fused-ring (bicyclic) bond motifs is 1. The van der Waals surface area contributed by atoms with Crippen LogP contribution in [0.3, 0.4) is 0 Å². The van der Waals surface area contributed by atoms with Gasteiger partial charge < -0.3 is 20.5 Å². The van der Waals surface area contributed by atoms with E-state index in [4.69, 9.17) is 10.8 Å². The average Bonchev–Trinajstić information content (AvgIpc) is 2.69. The van der Waals surface area contributed by atoms with Gasteiger partial charge in [-0.05, 0) is 18.3 Å². The molecule has 4 N–H and O–H groups in total. The van der Waals surface area contributed by atoms with Crippen molar-refractivity contribution in [2.75, 3.05) is 5.75 Å². The molecule has 21 heavy (non-hydrogen) atoms. The Hall–Kier alpha value is -2.13. The molecule has 0 spiro atoms. The minimum absolute atomic E-state index is 0.0598. The first-order valence-electron chi connectivity index (χ1n) is 5.81. The fraction of sp³-hybridized carbons (Fsp3) is 0.167. The van der Waals surface area contributed by atoms with Gasteiger partial charge in [-0.25, -0.2) is 0 Å². The monoisotopic (exact) mass is 324 g/mol. The fourth-order valence-corrected chi connectivity index (χ4v) is 2.58. The summed E-state index contributed by atoms with van der Waals surface area (Å²) in [4.78, 5) is 10.6. The number of thiocarbonyl (C=S) groups is 1. The number of aliphatic carboxylic acids is 1. The number of benzene rings is 1. The Kier molecular flexibility index (Phi) is 4.76. The van der Waals surface area contributed by atoms with Gasteiger partial charge in [0.05, 0.1) is 17.1 Å². The van der Waals surface area contributed by atoms with E-state index in [1.165, 1.54) is 0 Å². The number of hydrogen-bond acceptors (Lipinski definition) is 5. The van der Waals surface area contributed by atoms with Crippen LogP contribution in [-0.4, -0.2) is 31.6 Å². The minimum atomic E-state index is -0.913. The zero-order valence-electron chi connectivity index (χ0n) is 10.8. The number of carboxylic acid groups (broad SMARTS) is 1. The highest BCUT2D eigenvalue weighted by Crippen LogP contribution is 2.39. The first kappa shape index (κ1) is 15.3. The summed E-state index contributed by atoms with van der Waals surface area (Å²) in [5.74, 6) is -0.796. The quantitative estimate of drug-likeness (QED) is 0.575. The second kappa shape index (κ2) is 6.55.